The number of aromatic nitrogens is 1. The molecule has 1 aliphatic carbocycles. The van der Waals surface area contributed by atoms with Crippen molar-refractivity contribution < 1.29 is 4.79 Å². The lowest BCUT2D eigenvalue weighted by molar-refractivity contribution is 0.0774. The topological polar surface area (TPSA) is 62.1 Å². The Kier molecular flexibility index (Phi) is 2.64. The van der Waals surface area contributed by atoms with Gasteiger partial charge in [-0.15, -0.1) is 0 Å². The zero-order valence-electron chi connectivity index (χ0n) is 9.53. The number of H-pyrrole nitrogens is 1. The first-order chi connectivity index (χ1) is 8.15. The van der Waals surface area contributed by atoms with E-state index in [0.29, 0.717) is 22.6 Å². The molecule has 4 nitrogen and oxygen atoms in total. The molecule has 3 N–H and O–H groups in total. The van der Waals surface area contributed by atoms with Gasteiger partial charge in [-0.2, -0.15) is 0 Å². The number of nitrogens with one attached hydrogen (secondary N) is 1. The summed E-state index contributed by atoms with van der Waals surface area (Å²) in [6.07, 6.45) is 3.89. The van der Waals surface area contributed by atoms with Crippen LogP contribution in [-0.4, -0.2) is 34.9 Å². The summed E-state index contributed by atoms with van der Waals surface area (Å²) >= 11 is 5.81. The molecule has 1 aromatic heterocycles. The van der Waals surface area contributed by atoms with E-state index in [2.05, 4.69) is 4.98 Å². The van der Waals surface area contributed by atoms with E-state index < -0.39 is 0 Å². The average molecular weight is 254 g/mol. The second-order valence-electron chi connectivity index (χ2n) is 5.11. The van der Waals surface area contributed by atoms with E-state index in [1.54, 1.807) is 12.3 Å². The highest BCUT2D eigenvalue weighted by atomic mass is 35.5. The van der Waals surface area contributed by atoms with Gasteiger partial charge >= 0.3 is 0 Å². The summed E-state index contributed by atoms with van der Waals surface area (Å²) < 4.78 is 0. The van der Waals surface area contributed by atoms with Crippen molar-refractivity contribution in [3.05, 3.63) is 23.0 Å². The number of halogens is 1. The minimum Gasteiger partial charge on any atom is -0.356 e. The molecule has 17 heavy (non-hydrogen) atoms. The molecule has 1 saturated heterocycles. The minimum absolute atomic E-state index is 0.0403. The van der Waals surface area contributed by atoms with Crippen LogP contribution in [0.25, 0.3) is 0 Å². The van der Waals surface area contributed by atoms with Crippen LogP contribution in [-0.2, 0) is 0 Å². The summed E-state index contributed by atoms with van der Waals surface area (Å²) in [5, 5.41) is 0.574. The Balaban J connectivity index is 1.73. The molecule has 1 amide bonds. The van der Waals surface area contributed by atoms with Gasteiger partial charge in [-0.05, 0) is 30.7 Å². The molecule has 1 aliphatic heterocycles. The molecule has 0 spiro atoms. The van der Waals surface area contributed by atoms with E-state index in [0.717, 1.165) is 25.9 Å². The van der Waals surface area contributed by atoms with E-state index in [4.69, 9.17) is 17.3 Å². The fourth-order valence-corrected chi connectivity index (χ4v) is 3.30. The summed E-state index contributed by atoms with van der Waals surface area (Å²) in [5.41, 5.74) is 6.63. The van der Waals surface area contributed by atoms with Crippen molar-refractivity contribution >= 4 is 17.5 Å². The van der Waals surface area contributed by atoms with Gasteiger partial charge in [0.25, 0.3) is 5.91 Å². The smallest absolute Gasteiger partial charge is 0.270 e. The SMILES string of the molecule is NC1CCC2CN(C(=O)c3cc(Cl)c[nH]3)CC12. The average Bonchev–Trinajstić information content (AvgIpc) is 2.96. The van der Waals surface area contributed by atoms with Gasteiger partial charge in [0.1, 0.15) is 5.69 Å². The molecule has 0 radical (unpaired) electrons. The first-order valence-electron chi connectivity index (χ1n) is 6.04. The van der Waals surface area contributed by atoms with Crippen LogP contribution in [0.2, 0.25) is 5.02 Å². The van der Waals surface area contributed by atoms with Gasteiger partial charge in [0.2, 0.25) is 0 Å². The summed E-state index contributed by atoms with van der Waals surface area (Å²) in [5.74, 6) is 1.13. The molecule has 3 atom stereocenters. The Bertz CT molecular complexity index is 445. The van der Waals surface area contributed by atoms with E-state index in [1.165, 1.54) is 0 Å². The fourth-order valence-electron chi connectivity index (χ4n) is 3.14. The Morgan fingerprint density at radius 1 is 1.47 bits per heavy atom. The van der Waals surface area contributed by atoms with E-state index in [-0.39, 0.29) is 11.9 Å². The predicted octanol–water partition coefficient (Wildman–Crippen LogP) is 1.48. The van der Waals surface area contributed by atoms with Gasteiger partial charge in [0.05, 0.1) is 5.02 Å². The summed E-state index contributed by atoms with van der Waals surface area (Å²) in [4.78, 5) is 17.0. The normalized spacial score (nSPS) is 31.9. The molecule has 5 heteroatoms. The number of rotatable bonds is 1. The van der Waals surface area contributed by atoms with Crippen LogP contribution in [0.15, 0.2) is 12.3 Å². The van der Waals surface area contributed by atoms with Gasteiger partial charge in [-0.25, -0.2) is 0 Å². The maximum absolute atomic E-state index is 12.2. The van der Waals surface area contributed by atoms with Crippen LogP contribution in [0, 0.1) is 11.8 Å². The number of hydrogen-bond acceptors (Lipinski definition) is 2. The fraction of sp³-hybridized carbons (Fsp3) is 0.583. The predicted molar refractivity (Wildman–Crippen MR) is 65.9 cm³/mol. The Hall–Kier alpha value is -1.00. The molecule has 0 bridgehead atoms. The highest BCUT2D eigenvalue weighted by molar-refractivity contribution is 6.30. The number of aromatic amines is 1. The number of hydrogen-bond donors (Lipinski definition) is 2. The standard InChI is InChI=1S/C12H16ClN3O/c13-8-3-11(15-4-8)12(17)16-5-7-1-2-10(14)9(7)6-16/h3-4,7,9-10,15H,1-2,5-6,14H2. The van der Waals surface area contributed by atoms with Crippen molar-refractivity contribution in [2.75, 3.05) is 13.1 Å². The van der Waals surface area contributed by atoms with E-state index in [1.807, 2.05) is 4.90 Å². The van der Waals surface area contributed by atoms with Crippen LogP contribution in [0.1, 0.15) is 23.3 Å². The Labute approximate surface area is 105 Å². The van der Waals surface area contributed by atoms with Crippen LogP contribution < -0.4 is 5.73 Å². The lowest BCUT2D eigenvalue weighted by atomic mass is 9.98. The number of fused-ring (bicyclic) bond motifs is 1. The third-order valence-electron chi connectivity index (χ3n) is 4.08. The van der Waals surface area contributed by atoms with Crippen molar-refractivity contribution in [1.29, 1.82) is 0 Å². The molecule has 1 aromatic rings. The number of nitrogens with zero attached hydrogens (tertiary/aromatic N) is 1. The van der Waals surface area contributed by atoms with Crippen molar-refractivity contribution in [3.8, 4) is 0 Å². The molecule has 3 unspecified atom stereocenters. The van der Waals surface area contributed by atoms with Crippen LogP contribution in [0.3, 0.4) is 0 Å². The Morgan fingerprint density at radius 3 is 2.94 bits per heavy atom. The number of carbonyl (C=O) groups excluding carboxylic acids is 1. The molecule has 3 rings (SSSR count). The summed E-state index contributed by atoms with van der Waals surface area (Å²) in [6.45, 7) is 1.63. The number of nitrogens with two attached hydrogens (primary N) is 1. The van der Waals surface area contributed by atoms with Gasteiger partial charge < -0.3 is 15.6 Å². The highest BCUT2D eigenvalue weighted by Gasteiger charge is 2.42. The Morgan fingerprint density at radius 2 is 2.29 bits per heavy atom. The van der Waals surface area contributed by atoms with Crippen LogP contribution >= 0.6 is 11.6 Å². The van der Waals surface area contributed by atoms with Crippen LogP contribution in [0.5, 0.6) is 0 Å². The van der Waals surface area contributed by atoms with Gasteiger partial charge in [0.15, 0.2) is 0 Å². The van der Waals surface area contributed by atoms with Crippen molar-refractivity contribution in [2.24, 2.45) is 17.6 Å². The van der Waals surface area contributed by atoms with E-state index in [9.17, 15) is 4.79 Å². The molecular formula is C12H16ClN3O. The second-order valence-corrected chi connectivity index (χ2v) is 5.54. The van der Waals surface area contributed by atoms with Gasteiger partial charge in [-0.1, -0.05) is 11.6 Å². The molecule has 1 saturated carbocycles. The quantitative estimate of drug-likeness (QED) is 0.796. The molecule has 2 fully saturated rings. The lowest BCUT2D eigenvalue weighted by Crippen LogP contribution is -2.33. The number of likely N-dealkylation sites (tertiary alicyclic amines) is 1. The zero-order chi connectivity index (χ0) is 12.0. The largest absolute Gasteiger partial charge is 0.356 e. The summed E-state index contributed by atoms with van der Waals surface area (Å²) in [6, 6.07) is 1.95. The first-order valence-corrected chi connectivity index (χ1v) is 6.41. The zero-order valence-corrected chi connectivity index (χ0v) is 10.3. The molecular weight excluding hydrogens is 238 g/mol. The van der Waals surface area contributed by atoms with Gasteiger partial charge in [0, 0.05) is 25.3 Å². The summed E-state index contributed by atoms with van der Waals surface area (Å²) in [7, 11) is 0. The third kappa shape index (κ3) is 1.85. The molecule has 92 valence electrons. The second kappa shape index (κ2) is 4.03. The van der Waals surface area contributed by atoms with Gasteiger partial charge in [-0.3, -0.25) is 4.79 Å². The monoisotopic (exact) mass is 253 g/mol. The lowest BCUT2D eigenvalue weighted by Gasteiger charge is -2.17. The number of carbonyl (C=O) groups is 1. The molecule has 2 aliphatic rings. The van der Waals surface area contributed by atoms with Crippen molar-refractivity contribution in [3.63, 3.8) is 0 Å². The van der Waals surface area contributed by atoms with E-state index >= 15 is 0 Å². The molecule has 0 aromatic carbocycles. The minimum atomic E-state index is 0.0403. The maximum atomic E-state index is 12.2. The van der Waals surface area contributed by atoms with Crippen LogP contribution in [0.4, 0.5) is 0 Å². The first kappa shape index (κ1) is 11.1. The number of amides is 1. The van der Waals surface area contributed by atoms with Crippen molar-refractivity contribution in [2.45, 2.75) is 18.9 Å². The third-order valence-corrected chi connectivity index (χ3v) is 4.30. The van der Waals surface area contributed by atoms with Crippen molar-refractivity contribution in [1.82, 2.24) is 9.88 Å². The highest BCUT2D eigenvalue weighted by Crippen LogP contribution is 2.37. The maximum Gasteiger partial charge on any atom is 0.270 e. The molecule has 2 heterocycles.